The van der Waals surface area contributed by atoms with E-state index in [2.05, 4.69) is 83.6 Å². The molecule has 3 heteroatoms. The van der Waals surface area contributed by atoms with E-state index in [0.717, 1.165) is 17.4 Å². The van der Waals surface area contributed by atoms with Gasteiger partial charge in [0.05, 0.1) is 0 Å². The predicted molar refractivity (Wildman–Crippen MR) is 91.4 cm³/mol. The number of hydrogen-bond acceptors (Lipinski definition) is 2. The van der Waals surface area contributed by atoms with Crippen LogP contribution >= 0.6 is 27.7 Å². The highest BCUT2D eigenvalue weighted by molar-refractivity contribution is 9.10. The third kappa shape index (κ3) is 4.37. The number of rotatable bonds is 6. The van der Waals surface area contributed by atoms with E-state index in [1.165, 1.54) is 15.4 Å². The van der Waals surface area contributed by atoms with E-state index in [4.69, 9.17) is 0 Å². The van der Waals surface area contributed by atoms with Crippen molar-refractivity contribution in [3.8, 4) is 0 Å². The van der Waals surface area contributed by atoms with E-state index in [-0.39, 0.29) is 0 Å². The molecular formula is C17H20BrNS. The first-order chi connectivity index (χ1) is 9.72. The van der Waals surface area contributed by atoms with Crippen LogP contribution < -0.4 is 5.32 Å². The Labute approximate surface area is 134 Å². The minimum absolute atomic E-state index is 0.463. The Kier molecular flexibility index (Phi) is 6.14. The SMILES string of the molecule is CCNC(CC)c1ccc(Sc2cccc(Br)c2)cc1. The molecule has 20 heavy (non-hydrogen) atoms. The maximum atomic E-state index is 3.51. The van der Waals surface area contributed by atoms with Crippen LogP contribution in [-0.2, 0) is 0 Å². The molecule has 0 saturated carbocycles. The van der Waals surface area contributed by atoms with Crippen molar-refractivity contribution in [3.05, 3.63) is 58.6 Å². The van der Waals surface area contributed by atoms with Crippen LogP contribution in [0.25, 0.3) is 0 Å². The van der Waals surface area contributed by atoms with Gasteiger partial charge in [-0.3, -0.25) is 0 Å². The fourth-order valence-electron chi connectivity index (χ4n) is 2.18. The first-order valence-corrected chi connectivity index (χ1v) is 8.60. The van der Waals surface area contributed by atoms with Crippen LogP contribution in [0.1, 0.15) is 31.9 Å². The van der Waals surface area contributed by atoms with E-state index in [1.54, 1.807) is 11.8 Å². The second kappa shape index (κ2) is 7.87. The van der Waals surface area contributed by atoms with Gasteiger partial charge < -0.3 is 5.32 Å². The van der Waals surface area contributed by atoms with Gasteiger partial charge in [-0.25, -0.2) is 0 Å². The Morgan fingerprint density at radius 1 is 1.05 bits per heavy atom. The fourth-order valence-corrected chi connectivity index (χ4v) is 3.61. The number of nitrogens with one attached hydrogen (secondary N) is 1. The third-order valence-electron chi connectivity index (χ3n) is 3.17. The van der Waals surface area contributed by atoms with Gasteiger partial charge in [-0.15, -0.1) is 0 Å². The van der Waals surface area contributed by atoms with Crippen LogP contribution in [0, 0.1) is 0 Å². The van der Waals surface area contributed by atoms with E-state index in [0.29, 0.717) is 6.04 Å². The molecule has 1 unspecified atom stereocenters. The molecule has 1 atom stereocenters. The van der Waals surface area contributed by atoms with Crippen LogP contribution in [0.4, 0.5) is 0 Å². The van der Waals surface area contributed by atoms with E-state index < -0.39 is 0 Å². The van der Waals surface area contributed by atoms with Gasteiger partial charge in [0.25, 0.3) is 0 Å². The Bertz CT molecular complexity index is 539. The van der Waals surface area contributed by atoms with Crippen LogP contribution in [0.3, 0.4) is 0 Å². The van der Waals surface area contributed by atoms with E-state index in [1.807, 2.05) is 0 Å². The largest absolute Gasteiger partial charge is 0.310 e. The topological polar surface area (TPSA) is 12.0 Å². The van der Waals surface area contributed by atoms with Gasteiger partial charge in [-0.05, 0) is 48.9 Å². The van der Waals surface area contributed by atoms with Crippen LogP contribution in [0.5, 0.6) is 0 Å². The average Bonchev–Trinajstić information content (AvgIpc) is 2.46. The fraction of sp³-hybridized carbons (Fsp3) is 0.294. The summed E-state index contributed by atoms with van der Waals surface area (Å²) in [4.78, 5) is 2.53. The third-order valence-corrected chi connectivity index (χ3v) is 4.66. The lowest BCUT2D eigenvalue weighted by molar-refractivity contribution is 0.537. The van der Waals surface area contributed by atoms with Crippen molar-refractivity contribution in [2.24, 2.45) is 0 Å². The van der Waals surface area contributed by atoms with Gasteiger partial charge in [-0.1, -0.05) is 59.7 Å². The van der Waals surface area contributed by atoms with Crippen molar-refractivity contribution in [2.45, 2.75) is 36.1 Å². The summed E-state index contributed by atoms with van der Waals surface area (Å²) in [6.07, 6.45) is 1.12. The molecule has 0 aliphatic rings. The average molecular weight is 350 g/mol. The summed E-state index contributed by atoms with van der Waals surface area (Å²) in [5, 5.41) is 3.51. The van der Waals surface area contributed by atoms with Crippen molar-refractivity contribution in [2.75, 3.05) is 6.54 Å². The van der Waals surface area contributed by atoms with E-state index in [9.17, 15) is 0 Å². The number of benzene rings is 2. The molecular weight excluding hydrogens is 330 g/mol. The Morgan fingerprint density at radius 2 is 1.80 bits per heavy atom. The van der Waals surface area contributed by atoms with Crippen molar-refractivity contribution in [1.29, 1.82) is 0 Å². The molecule has 2 aromatic carbocycles. The lowest BCUT2D eigenvalue weighted by Gasteiger charge is -2.16. The molecule has 106 valence electrons. The Balaban J connectivity index is 2.08. The smallest absolute Gasteiger partial charge is 0.0317 e. The molecule has 0 aliphatic carbocycles. The molecule has 2 aromatic rings. The molecule has 0 amide bonds. The summed E-state index contributed by atoms with van der Waals surface area (Å²) in [7, 11) is 0. The normalized spacial score (nSPS) is 12.3. The van der Waals surface area contributed by atoms with Gasteiger partial charge in [0.1, 0.15) is 0 Å². The second-order valence-corrected chi connectivity index (χ2v) is 6.71. The van der Waals surface area contributed by atoms with Gasteiger partial charge >= 0.3 is 0 Å². The monoisotopic (exact) mass is 349 g/mol. The lowest BCUT2D eigenvalue weighted by Crippen LogP contribution is -2.19. The van der Waals surface area contributed by atoms with Crippen molar-refractivity contribution < 1.29 is 0 Å². The van der Waals surface area contributed by atoms with Gasteiger partial charge in [-0.2, -0.15) is 0 Å². The molecule has 1 nitrogen and oxygen atoms in total. The molecule has 0 radical (unpaired) electrons. The maximum Gasteiger partial charge on any atom is 0.0317 e. The molecule has 0 aliphatic heterocycles. The lowest BCUT2D eigenvalue weighted by atomic mass is 10.1. The highest BCUT2D eigenvalue weighted by atomic mass is 79.9. The number of halogens is 1. The summed E-state index contributed by atoms with van der Waals surface area (Å²) in [6, 6.07) is 17.7. The van der Waals surface area contributed by atoms with Crippen LogP contribution in [-0.4, -0.2) is 6.54 Å². The summed E-state index contributed by atoms with van der Waals surface area (Å²) in [6.45, 7) is 5.38. The van der Waals surface area contributed by atoms with Crippen LogP contribution in [0.15, 0.2) is 62.8 Å². The molecule has 2 rings (SSSR count). The van der Waals surface area contributed by atoms with Crippen molar-refractivity contribution in [1.82, 2.24) is 5.32 Å². The van der Waals surface area contributed by atoms with Crippen LogP contribution in [0.2, 0.25) is 0 Å². The minimum Gasteiger partial charge on any atom is -0.310 e. The Morgan fingerprint density at radius 3 is 2.40 bits per heavy atom. The molecule has 0 bridgehead atoms. The van der Waals surface area contributed by atoms with Gasteiger partial charge in [0.2, 0.25) is 0 Å². The van der Waals surface area contributed by atoms with Gasteiger partial charge in [0, 0.05) is 20.3 Å². The maximum absolute atomic E-state index is 3.51. The molecule has 0 aromatic heterocycles. The molecule has 0 heterocycles. The standard InChI is InChI=1S/C17H20BrNS/c1-3-17(19-4-2)13-8-10-15(11-9-13)20-16-7-5-6-14(18)12-16/h5-12,17,19H,3-4H2,1-2H3. The highest BCUT2D eigenvalue weighted by Gasteiger charge is 2.07. The highest BCUT2D eigenvalue weighted by Crippen LogP contribution is 2.30. The summed E-state index contributed by atoms with van der Waals surface area (Å²) < 4.78 is 1.12. The zero-order valence-electron chi connectivity index (χ0n) is 11.9. The quantitative estimate of drug-likeness (QED) is 0.721. The summed E-state index contributed by atoms with van der Waals surface area (Å²) in [5.74, 6) is 0. The zero-order chi connectivity index (χ0) is 14.4. The number of hydrogen-bond donors (Lipinski definition) is 1. The second-order valence-electron chi connectivity index (χ2n) is 4.65. The predicted octanol–water partition coefficient (Wildman–Crippen LogP) is 5.66. The first-order valence-electron chi connectivity index (χ1n) is 6.99. The van der Waals surface area contributed by atoms with E-state index >= 15 is 0 Å². The molecule has 1 N–H and O–H groups in total. The summed E-state index contributed by atoms with van der Waals surface area (Å²) >= 11 is 5.30. The zero-order valence-corrected chi connectivity index (χ0v) is 14.3. The van der Waals surface area contributed by atoms with Gasteiger partial charge in [0.15, 0.2) is 0 Å². The minimum atomic E-state index is 0.463. The first kappa shape index (κ1) is 15.6. The Hall–Kier alpha value is -0.770. The molecule has 0 fully saturated rings. The van der Waals surface area contributed by atoms with Crippen molar-refractivity contribution in [3.63, 3.8) is 0 Å². The van der Waals surface area contributed by atoms with Crippen molar-refractivity contribution >= 4 is 27.7 Å². The summed E-state index contributed by atoms with van der Waals surface area (Å²) in [5.41, 5.74) is 1.37. The molecule has 0 spiro atoms. The molecule has 0 saturated heterocycles.